The number of carbonyl (C=O) groups excluding carboxylic acids is 2. The minimum atomic E-state index is -0.00975. The van der Waals surface area contributed by atoms with E-state index in [1.54, 1.807) is 11.8 Å². The molecule has 2 rings (SSSR count). The maximum atomic E-state index is 12.3. The van der Waals surface area contributed by atoms with Gasteiger partial charge in [-0.2, -0.15) is 0 Å². The number of benzene rings is 1. The van der Waals surface area contributed by atoms with Crippen molar-refractivity contribution in [2.75, 3.05) is 11.4 Å². The summed E-state index contributed by atoms with van der Waals surface area (Å²) in [6, 6.07) is 6.42. The molecule has 1 aromatic rings. The highest BCUT2D eigenvalue weighted by Crippen LogP contribution is 2.26. The molecule has 0 bridgehead atoms. The maximum Gasteiger partial charge on any atom is 0.223 e. The lowest BCUT2D eigenvalue weighted by Gasteiger charge is -2.27. The SMILES string of the molecule is CCc1cccc(C)c1N(CCC(=O)NC1CCCCC1)C(C)=O. The van der Waals surface area contributed by atoms with Crippen molar-refractivity contribution in [2.24, 2.45) is 0 Å². The molecule has 0 aliphatic heterocycles. The lowest BCUT2D eigenvalue weighted by Crippen LogP contribution is -2.39. The van der Waals surface area contributed by atoms with Crippen LogP contribution in [-0.2, 0) is 16.0 Å². The van der Waals surface area contributed by atoms with Gasteiger partial charge in [-0.1, -0.05) is 44.4 Å². The summed E-state index contributed by atoms with van der Waals surface area (Å²) >= 11 is 0. The number of nitrogens with one attached hydrogen (secondary N) is 1. The molecule has 0 saturated heterocycles. The molecule has 1 N–H and O–H groups in total. The van der Waals surface area contributed by atoms with E-state index in [0.717, 1.165) is 36.1 Å². The zero-order valence-corrected chi connectivity index (χ0v) is 15.2. The van der Waals surface area contributed by atoms with Crippen molar-refractivity contribution in [1.29, 1.82) is 0 Å². The van der Waals surface area contributed by atoms with Crippen LogP contribution in [0.5, 0.6) is 0 Å². The van der Waals surface area contributed by atoms with Crippen molar-refractivity contribution in [3.63, 3.8) is 0 Å². The third kappa shape index (κ3) is 4.83. The van der Waals surface area contributed by atoms with Crippen LogP contribution >= 0.6 is 0 Å². The summed E-state index contributed by atoms with van der Waals surface area (Å²) in [5, 5.41) is 3.13. The first kappa shape index (κ1) is 18.5. The van der Waals surface area contributed by atoms with Gasteiger partial charge in [-0.15, -0.1) is 0 Å². The van der Waals surface area contributed by atoms with Crippen LogP contribution < -0.4 is 10.2 Å². The zero-order chi connectivity index (χ0) is 17.5. The van der Waals surface area contributed by atoms with E-state index in [-0.39, 0.29) is 11.8 Å². The minimum Gasteiger partial charge on any atom is -0.353 e. The molecule has 1 aliphatic rings. The molecule has 4 heteroatoms. The second-order valence-corrected chi connectivity index (χ2v) is 6.76. The molecule has 0 radical (unpaired) electrons. The van der Waals surface area contributed by atoms with Crippen LogP contribution in [0.25, 0.3) is 0 Å². The number of hydrogen-bond donors (Lipinski definition) is 1. The molecule has 1 saturated carbocycles. The Morgan fingerprint density at radius 1 is 1.21 bits per heavy atom. The van der Waals surface area contributed by atoms with E-state index in [1.807, 2.05) is 19.1 Å². The smallest absolute Gasteiger partial charge is 0.223 e. The van der Waals surface area contributed by atoms with Crippen LogP contribution in [0.2, 0.25) is 0 Å². The molecule has 24 heavy (non-hydrogen) atoms. The number of carbonyl (C=O) groups is 2. The molecule has 0 unspecified atom stereocenters. The largest absolute Gasteiger partial charge is 0.353 e. The number of rotatable bonds is 6. The molecule has 4 nitrogen and oxygen atoms in total. The van der Waals surface area contributed by atoms with Gasteiger partial charge in [0.1, 0.15) is 0 Å². The summed E-state index contributed by atoms with van der Waals surface area (Å²) in [4.78, 5) is 26.2. The van der Waals surface area contributed by atoms with Crippen molar-refractivity contribution in [3.8, 4) is 0 Å². The highest BCUT2D eigenvalue weighted by molar-refractivity contribution is 5.94. The second-order valence-electron chi connectivity index (χ2n) is 6.76. The summed E-state index contributed by atoms with van der Waals surface area (Å²) in [6.45, 7) is 6.12. The van der Waals surface area contributed by atoms with Crippen LogP contribution in [0.1, 0.15) is 63.5 Å². The fourth-order valence-corrected chi connectivity index (χ4v) is 3.58. The van der Waals surface area contributed by atoms with Gasteiger partial charge < -0.3 is 10.2 Å². The summed E-state index contributed by atoms with van der Waals surface area (Å²) < 4.78 is 0. The fourth-order valence-electron chi connectivity index (χ4n) is 3.58. The van der Waals surface area contributed by atoms with Crippen LogP contribution in [0.3, 0.4) is 0 Å². The molecule has 0 heterocycles. The number of nitrogens with zero attached hydrogens (tertiary/aromatic N) is 1. The lowest BCUT2D eigenvalue weighted by atomic mass is 9.95. The van der Waals surface area contributed by atoms with Gasteiger partial charge in [0.25, 0.3) is 0 Å². The van der Waals surface area contributed by atoms with E-state index in [2.05, 4.69) is 18.3 Å². The molecule has 0 atom stereocenters. The zero-order valence-electron chi connectivity index (χ0n) is 15.2. The second kappa shape index (κ2) is 8.86. The van der Waals surface area contributed by atoms with Gasteiger partial charge in [-0.05, 0) is 37.3 Å². The Morgan fingerprint density at radius 3 is 2.54 bits per heavy atom. The molecule has 1 aromatic carbocycles. The van der Waals surface area contributed by atoms with Gasteiger partial charge in [0.2, 0.25) is 11.8 Å². The highest BCUT2D eigenvalue weighted by Gasteiger charge is 2.20. The van der Waals surface area contributed by atoms with Crippen LogP contribution in [0, 0.1) is 6.92 Å². The Labute approximate surface area is 145 Å². The van der Waals surface area contributed by atoms with Crippen molar-refractivity contribution in [2.45, 2.75) is 71.8 Å². The van der Waals surface area contributed by atoms with Gasteiger partial charge >= 0.3 is 0 Å². The van der Waals surface area contributed by atoms with Gasteiger partial charge in [-0.3, -0.25) is 9.59 Å². The first-order valence-corrected chi connectivity index (χ1v) is 9.19. The van der Waals surface area contributed by atoms with E-state index < -0.39 is 0 Å². The van der Waals surface area contributed by atoms with Crippen molar-refractivity contribution in [1.82, 2.24) is 5.32 Å². The Bertz CT molecular complexity index is 577. The highest BCUT2D eigenvalue weighted by atomic mass is 16.2. The third-order valence-electron chi connectivity index (χ3n) is 4.89. The molecule has 1 aliphatic carbocycles. The van der Waals surface area contributed by atoms with Gasteiger partial charge in [0.05, 0.1) is 0 Å². The van der Waals surface area contributed by atoms with Crippen molar-refractivity contribution in [3.05, 3.63) is 29.3 Å². The number of para-hydroxylation sites is 1. The normalized spacial score (nSPS) is 15.1. The maximum absolute atomic E-state index is 12.3. The van der Waals surface area contributed by atoms with Crippen LogP contribution in [-0.4, -0.2) is 24.4 Å². The molecule has 2 amide bonds. The quantitative estimate of drug-likeness (QED) is 0.863. The van der Waals surface area contributed by atoms with E-state index in [9.17, 15) is 9.59 Å². The number of anilines is 1. The van der Waals surface area contributed by atoms with E-state index in [0.29, 0.717) is 19.0 Å². The van der Waals surface area contributed by atoms with Crippen molar-refractivity contribution < 1.29 is 9.59 Å². The van der Waals surface area contributed by atoms with E-state index in [1.165, 1.54) is 19.3 Å². The Balaban J connectivity index is 2.01. The number of aryl methyl sites for hydroxylation is 2. The molecular weight excluding hydrogens is 300 g/mol. The summed E-state index contributed by atoms with van der Waals surface area (Å²) in [7, 11) is 0. The predicted molar refractivity (Wildman–Crippen MR) is 98.2 cm³/mol. The van der Waals surface area contributed by atoms with E-state index >= 15 is 0 Å². The molecule has 0 aromatic heterocycles. The minimum absolute atomic E-state index is 0.00975. The van der Waals surface area contributed by atoms with Gasteiger partial charge in [0.15, 0.2) is 0 Å². The average Bonchev–Trinajstić information content (AvgIpc) is 2.56. The van der Waals surface area contributed by atoms with Crippen LogP contribution in [0.15, 0.2) is 18.2 Å². The topological polar surface area (TPSA) is 49.4 Å². The Hall–Kier alpha value is -1.84. The molecule has 1 fully saturated rings. The predicted octanol–water partition coefficient (Wildman–Crippen LogP) is 3.75. The van der Waals surface area contributed by atoms with Crippen molar-refractivity contribution >= 4 is 17.5 Å². The Kier molecular flexibility index (Phi) is 6.83. The molecule has 132 valence electrons. The summed E-state index contributed by atoms with van der Waals surface area (Å²) in [5.74, 6) is 0.0456. The Morgan fingerprint density at radius 2 is 1.92 bits per heavy atom. The fraction of sp³-hybridized carbons (Fsp3) is 0.600. The standard InChI is InChI=1S/C20H30N2O2/c1-4-17-10-8-9-15(2)20(17)22(16(3)23)14-13-19(24)21-18-11-6-5-7-12-18/h8-10,18H,4-7,11-14H2,1-3H3,(H,21,24). The molecule has 0 spiro atoms. The van der Waals surface area contributed by atoms with E-state index in [4.69, 9.17) is 0 Å². The summed E-state index contributed by atoms with van der Waals surface area (Å²) in [5.41, 5.74) is 3.20. The number of hydrogen-bond acceptors (Lipinski definition) is 2. The lowest BCUT2D eigenvalue weighted by molar-refractivity contribution is -0.121. The van der Waals surface area contributed by atoms with Gasteiger partial charge in [-0.25, -0.2) is 0 Å². The first-order valence-electron chi connectivity index (χ1n) is 9.19. The number of amides is 2. The van der Waals surface area contributed by atoms with Crippen LogP contribution in [0.4, 0.5) is 5.69 Å². The summed E-state index contributed by atoms with van der Waals surface area (Å²) in [6.07, 6.45) is 7.07. The molecular formula is C20H30N2O2. The monoisotopic (exact) mass is 330 g/mol. The van der Waals surface area contributed by atoms with Gasteiger partial charge in [0, 0.05) is 31.6 Å². The first-order chi connectivity index (χ1) is 11.5. The average molecular weight is 330 g/mol. The third-order valence-corrected chi connectivity index (χ3v) is 4.89.